The smallest absolute Gasteiger partial charge is 0.345 e. The third kappa shape index (κ3) is 14.3. The zero-order valence-electron chi connectivity index (χ0n) is 23.8. The lowest BCUT2D eigenvalue weighted by Gasteiger charge is -2.39. The van der Waals surface area contributed by atoms with Crippen molar-refractivity contribution in [3.8, 4) is 0 Å². The van der Waals surface area contributed by atoms with E-state index >= 15 is 0 Å². The Kier molecular flexibility index (Phi) is 20.8. The number of hydrogen-bond donors (Lipinski definition) is 2. The maximum absolute atomic E-state index is 13.8. The average molecular weight is 534 g/mol. The van der Waals surface area contributed by atoms with Gasteiger partial charge in [-0.2, -0.15) is 0 Å². The van der Waals surface area contributed by atoms with Gasteiger partial charge in [0.05, 0.1) is 0 Å². The molecule has 0 fully saturated rings. The number of carbonyl (C=O) groups is 2. The quantitative estimate of drug-likeness (QED) is 0.0581. The van der Waals surface area contributed by atoms with Crippen molar-refractivity contribution < 1.29 is 28.7 Å². The van der Waals surface area contributed by atoms with Crippen LogP contribution in [0.25, 0.3) is 0 Å². The average Bonchev–Trinajstić information content (AvgIpc) is 2.85. The van der Waals surface area contributed by atoms with Crippen LogP contribution in [0, 0.1) is 0 Å². The van der Waals surface area contributed by atoms with Crippen molar-refractivity contribution >= 4 is 19.8 Å². The molecule has 7 nitrogen and oxygen atoms in total. The molecule has 1 amide bonds. The molecule has 0 aliphatic heterocycles. The zero-order chi connectivity index (χ0) is 27.4. The van der Waals surface area contributed by atoms with Crippen LogP contribution in [-0.4, -0.2) is 50.9 Å². The minimum absolute atomic E-state index is 0.0197. The van der Waals surface area contributed by atoms with Gasteiger partial charge in [-0.05, 0) is 32.1 Å². The summed E-state index contributed by atoms with van der Waals surface area (Å²) in [4.78, 5) is 47.5. The van der Waals surface area contributed by atoms with E-state index in [0.717, 1.165) is 96.3 Å². The Balaban J connectivity index is 5.68. The number of unbranched alkanes of at least 4 members (excludes halogenated alkanes) is 9. The van der Waals surface area contributed by atoms with E-state index < -0.39 is 25.5 Å². The van der Waals surface area contributed by atoms with Gasteiger partial charge in [-0.1, -0.05) is 112 Å². The lowest BCUT2D eigenvalue weighted by Crippen LogP contribution is -2.52. The van der Waals surface area contributed by atoms with Crippen LogP contribution in [0.15, 0.2) is 0 Å². The SMILES string of the molecule is CCCCCCCCC(OC(C=O)C(=O)N(C(CC)CCCCC)C(CC)CCCCC)P(=O)(O)O. The van der Waals surface area contributed by atoms with Crippen molar-refractivity contribution in [2.24, 2.45) is 0 Å². The first-order valence-electron chi connectivity index (χ1n) is 14.7. The second-order valence-electron chi connectivity index (χ2n) is 10.2. The molecule has 36 heavy (non-hydrogen) atoms. The Morgan fingerprint density at radius 3 is 1.58 bits per heavy atom. The van der Waals surface area contributed by atoms with Crippen LogP contribution in [-0.2, 0) is 18.9 Å². The Hall–Kier alpha value is -0.750. The number of ether oxygens (including phenoxy) is 1. The summed E-state index contributed by atoms with van der Waals surface area (Å²) in [5.74, 6) is -1.89. The van der Waals surface area contributed by atoms with Gasteiger partial charge in [0.15, 0.2) is 18.2 Å². The lowest BCUT2D eigenvalue weighted by atomic mass is 9.97. The minimum Gasteiger partial charge on any atom is -0.345 e. The molecular weight excluding hydrogens is 477 g/mol. The first-order chi connectivity index (χ1) is 17.2. The minimum atomic E-state index is -4.63. The summed E-state index contributed by atoms with van der Waals surface area (Å²) in [7, 11) is -4.63. The maximum Gasteiger partial charge on any atom is 0.354 e. The van der Waals surface area contributed by atoms with Gasteiger partial charge in [0.2, 0.25) is 0 Å². The summed E-state index contributed by atoms with van der Waals surface area (Å²) in [6.45, 7) is 10.5. The molecule has 0 radical (unpaired) electrons. The molecule has 0 saturated carbocycles. The molecule has 0 aliphatic carbocycles. The van der Waals surface area contributed by atoms with E-state index in [2.05, 4.69) is 34.6 Å². The van der Waals surface area contributed by atoms with Gasteiger partial charge >= 0.3 is 7.60 Å². The zero-order valence-corrected chi connectivity index (χ0v) is 24.7. The van der Waals surface area contributed by atoms with Crippen molar-refractivity contribution in [1.29, 1.82) is 0 Å². The molecule has 4 unspecified atom stereocenters. The summed E-state index contributed by atoms with van der Waals surface area (Å²) in [5, 5.41) is 0. The monoisotopic (exact) mass is 533 g/mol. The maximum atomic E-state index is 13.8. The van der Waals surface area contributed by atoms with Gasteiger partial charge < -0.3 is 19.4 Å². The van der Waals surface area contributed by atoms with Crippen molar-refractivity contribution in [3.63, 3.8) is 0 Å². The van der Waals surface area contributed by atoms with E-state index in [1.165, 1.54) is 0 Å². The number of carbonyl (C=O) groups excluding carboxylic acids is 2. The Bertz CT molecular complexity index is 593. The van der Waals surface area contributed by atoms with Crippen LogP contribution in [0.1, 0.15) is 144 Å². The molecule has 0 spiro atoms. The Morgan fingerprint density at radius 2 is 1.17 bits per heavy atom. The highest BCUT2D eigenvalue weighted by Gasteiger charge is 2.38. The number of rotatable bonds is 24. The number of aldehydes is 1. The Morgan fingerprint density at radius 1 is 0.750 bits per heavy atom. The third-order valence-electron chi connectivity index (χ3n) is 7.12. The van der Waals surface area contributed by atoms with Gasteiger partial charge in [0.25, 0.3) is 5.91 Å². The van der Waals surface area contributed by atoms with Gasteiger partial charge in [0.1, 0.15) is 0 Å². The molecular formula is C28H56NO6P. The van der Waals surface area contributed by atoms with Gasteiger partial charge in [-0.15, -0.1) is 0 Å². The Labute approximate surface area is 221 Å². The van der Waals surface area contributed by atoms with Gasteiger partial charge in [0, 0.05) is 12.1 Å². The van der Waals surface area contributed by atoms with E-state index in [-0.39, 0.29) is 18.5 Å². The largest absolute Gasteiger partial charge is 0.354 e. The highest BCUT2D eigenvalue weighted by molar-refractivity contribution is 7.52. The molecule has 2 N–H and O–H groups in total. The summed E-state index contributed by atoms with van der Waals surface area (Å²) >= 11 is 0. The molecule has 0 rings (SSSR count). The molecule has 0 saturated heterocycles. The number of amides is 1. The molecule has 0 aromatic carbocycles. The van der Waals surface area contributed by atoms with Crippen LogP contribution >= 0.6 is 7.60 Å². The fourth-order valence-corrected chi connectivity index (χ4v) is 5.69. The fraction of sp³-hybridized carbons (Fsp3) is 0.929. The standard InChI is InChI=1S/C28H56NO6P/c1-6-11-14-15-16-19-22-27(36(32,33)34)35-26(23-30)28(31)29(24(9-4)20-17-12-7-2)25(10-5)21-18-13-8-3/h23-27H,6-22H2,1-5H3,(H2,32,33,34). The van der Waals surface area contributed by atoms with Crippen LogP contribution in [0.5, 0.6) is 0 Å². The van der Waals surface area contributed by atoms with Gasteiger partial charge in [-0.3, -0.25) is 14.2 Å². The second kappa shape index (κ2) is 21.2. The molecule has 0 aromatic heterocycles. The summed E-state index contributed by atoms with van der Waals surface area (Å²) in [6.07, 6.45) is 14.4. The van der Waals surface area contributed by atoms with Crippen molar-refractivity contribution in [2.45, 2.75) is 168 Å². The topological polar surface area (TPSA) is 104 Å². The van der Waals surface area contributed by atoms with Crippen LogP contribution in [0.2, 0.25) is 0 Å². The summed E-state index contributed by atoms with van der Waals surface area (Å²) < 4.78 is 17.9. The summed E-state index contributed by atoms with van der Waals surface area (Å²) in [5.41, 5.74) is 0. The number of nitrogens with zero attached hydrogens (tertiary/aromatic N) is 1. The summed E-state index contributed by atoms with van der Waals surface area (Å²) in [6, 6.07) is -0.0394. The predicted octanol–water partition coefficient (Wildman–Crippen LogP) is 7.37. The molecule has 214 valence electrons. The lowest BCUT2D eigenvalue weighted by molar-refractivity contribution is -0.154. The van der Waals surface area contributed by atoms with E-state index in [1.54, 1.807) is 0 Å². The normalized spacial score (nSPS) is 15.3. The highest BCUT2D eigenvalue weighted by Crippen LogP contribution is 2.45. The van der Waals surface area contributed by atoms with E-state index in [1.807, 2.05) is 4.90 Å². The van der Waals surface area contributed by atoms with Crippen LogP contribution in [0.3, 0.4) is 0 Å². The third-order valence-corrected chi connectivity index (χ3v) is 8.25. The first kappa shape index (κ1) is 35.2. The van der Waals surface area contributed by atoms with E-state index in [0.29, 0.717) is 12.7 Å². The van der Waals surface area contributed by atoms with Crippen molar-refractivity contribution in [3.05, 3.63) is 0 Å². The molecule has 0 aliphatic rings. The predicted molar refractivity (Wildman–Crippen MR) is 148 cm³/mol. The van der Waals surface area contributed by atoms with Gasteiger partial charge in [-0.25, -0.2) is 0 Å². The molecule has 0 bridgehead atoms. The highest BCUT2D eigenvalue weighted by atomic mass is 31.2. The van der Waals surface area contributed by atoms with Crippen molar-refractivity contribution in [2.75, 3.05) is 0 Å². The second-order valence-corrected chi connectivity index (χ2v) is 11.9. The molecule has 4 atom stereocenters. The van der Waals surface area contributed by atoms with Crippen LogP contribution < -0.4 is 0 Å². The van der Waals surface area contributed by atoms with E-state index in [9.17, 15) is 23.9 Å². The molecule has 0 aromatic rings. The molecule has 0 heterocycles. The van der Waals surface area contributed by atoms with Crippen molar-refractivity contribution in [1.82, 2.24) is 4.90 Å². The first-order valence-corrected chi connectivity index (χ1v) is 16.4. The van der Waals surface area contributed by atoms with E-state index in [4.69, 9.17) is 4.74 Å². The number of hydrogen-bond acceptors (Lipinski definition) is 4. The fourth-order valence-electron chi connectivity index (χ4n) is 4.88. The van der Waals surface area contributed by atoms with Crippen LogP contribution in [0.4, 0.5) is 0 Å². The molecule has 8 heteroatoms.